The van der Waals surface area contributed by atoms with E-state index in [0.29, 0.717) is 0 Å². The summed E-state index contributed by atoms with van der Waals surface area (Å²) in [6.07, 6.45) is 9.35. The lowest BCUT2D eigenvalue weighted by Crippen LogP contribution is -1.96. The molecule has 21 heavy (non-hydrogen) atoms. The van der Waals surface area contributed by atoms with E-state index in [1.807, 2.05) is 37.8 Å². The molecule has 0 saturated heterocycles. The molecule has 0 radical (unpaired) electrons. The zero-order valence-electron chi connectivity index (χ0n) is 10.9. The summed E-state index contributed by atoms with van der Waals surface area (Å²) in [6, 6.07) is 1.92. The van der Waals surface area contributed by atoms with Crippen molar-refractivity contribution in [3.05, 3.63) is 45.8 Å². The second kappa shape index (κ2) is 4.88. The number of hydrogen-bond acceptors (Lipinski definition) is 5. The van der Waals surface area contributed by atoms with Gasteiger partial charge in [0.05, 0.1) is 22.3 Å². The second-order valence-corrected chi connectivity index (χ2v) is 6.81. The fraction of sp³-hybridized carbons (Fsp3) is 0.0769. The first-order valence-electron chi connectivity index (χ1n) is 6.18. The first kappa shape index (κ1) is 12.9. The summed E-state index contributed by atoms with van der Waals surface area (Å²) in [5, 5.41) is 9.77. The van der Waals surface area contributed by atoms with Gasteiger partial charge in [-0.15, -0.1) is 11.3 Å². The summed E-state index contributed by atoms with van der Waals surface area (Å²) in [5.41, 5.74) is 2.70. The fourth-order valence-electron chi connectivity index (χ4n) is 2.07. The minimum atomic E-state index is 0.789. The van der Waals surface area contributed by atoms with Crippen molar-refractivity contribution in [2.75, 3.05) is 0 Å². The predicted molar refractivity (Wildman–Crippen MR) is 88.7 cm³/mol. The van der Waals surface area contributed by atoms with Gasteiger partial charge in [-0.2, -0.15) is 10.2 Å². The Kier molecular flexibility index (Phi) is 3.00. The van der Waals surface area contributed by atoms with Crippen LogP contribution >= 0.6 is 33.9 Å². The largest absolute Gasteiger partial charge is 0.249 e. The molecule has 0 aliphatic rings. The van der Waals surface area contributed by atoms with Gasteiger partial charge in [0.15, 0.2) is 5.65 Å². The number of fused-ring (bicyclic) bond motifs is 1. The highest BCUT2D eigenvalue weighted by Gasteiger charge is 2.11. The third kappa shape index (κ3) is 2.23. The van der Waals surface area contributed by atoms with Gasteiger partial charge in [-0.05, 0) is 35.6 Å². The topological polar surface area (TPSA) is 60.9 Å². The molecular formula is C13H9IN6S. The maximum Gasteiger partial charge on any atom is 0.182 e. The van der Waals surface area contributed by atoms with Crippen molar-refractivity contribution < 1.29 is 0 Å². The minimum Gasteiger partial charge on any atom is -0.249 e. The Balaban J connectivity index is 1.82. The van der Waals surface area contributed by atoms with Gasteiger partial charge in [0, 0.05) is 24.2 Å². The van der Waals surface area contributed by atoms with Crippen molar-refractivity contribution in [3.63, 3.8) is 0 Å². The average molecular weight is 408 g/mol. The highest BCUT2D eigenvalue weighted by atomic mass is 127. The number of rotatable bonds is 2. The third-order valence-corrected chi connectivity index (χ3v) is 4.61. The van der Waals surface area contributed by atoms with Crippen LogP contribution in [0.15, 0.2) is 37.1 Å². The van der Waals surface area contributed by atoms with Gasteiger partial charge in [0.25, 0.3) is 0 Å². The predicted octanol–water partition coefficient (Wildman–Crippen LogP) is 2.95. The van der Waals surface area contributed by atoms with E-state index in [1.165, 1.54) is 0 Å². The number of nitrogens with zero attached hydrogens (tertiary/aromatic N) is 6. The first-order chi connectivity index (χ1) is 10.2. The third-order valence-electron chi connectivity index (χ3n) is 3.05. The molecule has 0 bridgehead atoms. The summed E-state index contributed by atoms with van der Waals surface area (Å²) >= 11 is 3.85. The van der Waals surface area contributed by atoms with Crippen LogP contribution in [0.3, 0.4) is 0 Å². The monoisotopic (exact) mass is 408 g/mol. The minimum absolute atomic E-state index is 0.789. The van der Waals surface area contributed by atoms with Crippen LogP contribution in [-0.4, -0.2) is 29.4 Å². The second-order valence-electron chi connectivity index (χ2n) is 4.47. The van der Waals surface area contributed by atoms with Gasteiger partial charge in [-0.3, -0.25) is 0 Å². The first-order valence-corrected chi connectivity index (χ1v) is 8.08. The molecule has 4 rings (SSSR count). The lowest BCUT2D eigenvalue weighted by molar-refractivity contribution is 0.883. The van der Waals surface area contributed by atoms with Crippen LogP contribution in [0.1, 0.15) is 5.01 Å². The molecule has 0 amide bonds. The zero-order valence-corrected chi connectivity index (χ0v) is 13.9. The number of halogens is 1. The summed E-state index contributed by atoms with van der Waals surface area (Å²) in [4.78, 5) is 9.90. The molecule has 104 valence electrons. The molecule has 0 fully saturated rings. The molecule has 0 atom stereocenters. The van der Waals surface area contributed by atoms with Crippen LogP contribution in [0, 0.1) is 10.6 Å². The number of thiazole rings is 1. The van der Waals surface area contributed by atoms with E-state index in [9.17, 15) is 0 Å². The van der Waals surface area contributed by atoms with E-state index in [2.05, 4.69) is 42.8 Å². The molecular weight excluding hydrogens is 399 g/mol. The van der Waals surface area contributed by atoms with Crippen molar-refractivity contribution in [1.29, 1.82) is 0 Å². The summed E-state index contributed by atoms with van der Waals surface area (Å²) in [5.74, 6) is 0. The number of aromatic nitrogens is 6. The molecule has 4 heterocycles. The molecule has 0 aliphatic heterocycles. The Morgan fingerprint density at radius 3 is 2.90 bits per heavy atom. The number of aryl methyl sites for hydroxylation is 1. The molecule has 0 spiro atoms. The van der Waals surface area contributed by atoms with Crippen LogP contribution in [0.4, 0.5) is 0 Å². The summed E-state index contributed by atoms with van der Waals surface area (Å²) in [6.45, 7) is 2.00. The maximum absolute atomic E-state index is 4.51. The lowest BCUT2D eigenvalue weighted by atomic mass is 10.3. The van der Waals surface area contributed by atoms with Crippen molar-refractivity contribution in [3.8, 4) is 16.1 Å². The van der Waals surface area contributed by atoms with Crippen molar-refractivity contribution >= 4 is 39.6 Å². The van der Waals surface area contributed by atoms with Gasteiger partial charge in [-0.1, -0.05) is 0 Å². The summed E-state index contributed by atoms with van der Waals surface area (Å²) < 4.78 is 4.47. The van der Waals surface area contributed by atoms with Crippen molar-refractivity contribution in [2.45, 2.75) is 6.92 Å². The Hall–Kier alpha value is -1.81. The Bertz CT molecular complexity index is 937. The van der Waals surface area contributed by atoms with Crippen molar-refractivity contribution in [1.82, 2.24) is 29.4 Å². The molecule has 4 aromatic heterocycles. The van der Waals surface area contributed by atoms with Crippen LogP contribution in [-0.2, 0) is 0 Å². The molecule has 4 aromatic rings. The highest BCUT2D eigenvalue weighted by Crippen LogP contribution is 2.26. The standard InChI is InChI=1S/C13H9IN6S/c1-8-15-6-11(21-8)9-4-16-20(7-9)10-5-17-19-3-2-12(14)18-13(10)19/h2-7H,1H3. The molecule has 0 aromatic carbocycles. The molecule has 0 aliphatic carbocycles. The smallest absolute Gasteiger partial charge is 0.182 e. The number of hydrogen-bond donors (Lipinski definition) is 0. The lowest BCUT2D eigenvalue weighted by Gasteiger charge is -1.98. The van der Waals surface area contributed by atoms with Gasteiger partial charge >= 0.3 is 0 Å². The van der Waals surface area contributed by atoms with E-state index in [-0.39, 0.29) is 0 Å². The van der Waals surface area contributed by atoms with E-state index in [4.69, 9.17) is 0 Å². The normalized spacial score (nSPS) is 11.3. The zero-order chi connectivity index (χ0) is 14.4. The average Bonchev–Trinajstić information content (AvgIpc) is 3.16. The van der Waals surface area contributed by atoms with Gasteiger partial charge in [-0.25, -0.2) is 19.2 Å². The Morgan fingerprint density at radius 2 is 2.10 bits per heavy atom. The molecule has 0 unspecified atom stereocenters. The van der Waals surface area contributed by atoms with E-state index < -0.39 is 0 Å². The van der Waals surface area contributed by atoms with Gasteiger partial charge in [0.2, 0.25) is 0 Å². The van der Waals surface area contributed by atoms with Crippen molar-refractivity contribution in [2.24, 2.45) is 0 Å². The van der Waals surface area contributed by atoms with Gasteiger partial charge < -0.3 is 0 Å². The van der Waals surface area contributed by atoms with Gasteiger partial charge in [0.1, 0.15) is 9.39 Å². The van der Waals surface area contributed by atoms with E-state index in [0.717, 1.165) is 30.5 Å². The van der Waals surface area contributed by atoms with Crippen LogP contribution in [0.5, 0.6) is 0 Å². The molecule has 6 nitrogen and oxygen atoms in total. The quantitative estimate of drug-likeness (QED) is 0.378. The Morgan fingerprint density at radius 1 is 1.19 bits per heavy atom. The van der Waals surface area contributed by atoms with Crippen LogP contribution < -0.4 is 0 Å². The highest BCUT2D eigenvalue weighted by molar-refractivity contribution is 14.1. The van der Waals surface area contributed by atoms with Crippen LogP contribution in [0.2, 0.25) is 0 Å². The molecule has 8 heteroatoms. The summed E-state index contributed by atoms with van der Waals surface area (Å²) in [7, 11) is 0. The van der Waals surface area contributed by atoms with Crippen LogP contribution in [0.25, 0.3) is 21.8 Å². The maximum atomic E-state index is 4.51. The van der Waals surface area contributed by atoms with E-state index in [1.54, 1.807) is 26.7 Å². The molecule has 0 saturated carbocycles. The van der Waals surface area contributed by atoms with E-state index >= 15 is 0 Å². The molecule has 0 N–H and O–H groups in total. The SMILES string of the molecule is Cc1ncc(-c2cnn(-c3cnn4ccc(I)nc34)c2)s1. The fourth-order valence-corrected chi connectivity index (χ4v) is 3.21. The Labute approximate surface area is 137 Å².